The van der Waals surface area contributed by atoms with Crippen LogP contribution in [0.5, 0.6) is 5.75 Å². The molecule has 0 saturated heterocycles. The standard InChI is InChI=1S/C11H13F2NO3/c1-16-11(15)10(14)4-5-17-7-2-3-8(12)9(13)6-7/h2-3,6,10H,4-5,14H2,1H3. The number of esters is 1. The topological polar surface area (TPSA) is 61.5 Å². The number of carbonyl (C=O) groups is 1. The second kappa shape index (κ2) is 6.15. The Hall–Kier alpha value is -1.69. The van der Waals surface area contributed by atoms with Crippen LogP contribution >= 0.6 is 0 Å². The fourth-order valence-corrected chi connectivity index (χ4v) is 1.14. The van der Waals surface area contributed by atoms with Gasteiger partial charge in [-0.3, -0.25) is 4.79 Å². The first-order valence-corrected chi connectivity index (χ1v) is 4.96. The summed E-state index contributed by atoms with van der Waals surface area (Å²) in [7, 11) is 1.23. The summed E-state index contributed by atoms with van der Waals surface area (Å²) >= 11 is 0. The van der Waals surface area contributed by atoms with Crippen molar-refractivity contribution >= 4 is 5.97 Å². The summed E-state index contributed by atoms with van der Waals surface area (Å²) in [6.07, 6.45) is 0.228. The number of halogens is 2. The van der Waals surface area contributed by atoms with Crippen LogP contribution < -0.4 is 10.5 Å². The fraction of sp³-hybridized carbons (Fsp3) is 0.364. The van der Waals surface area contributed by atoms with Crippen molar-refractivity contribution in [1.82, 2.24) is 0 Å². The molecule has 1 atom stereocenters. The summed E-state index contributed by atoms with van der Waals surface area (Å²) in [5.41, 5.74) is 5.46. The van der Waals surface area contributed by atoms with Crippen molar-refractivity contribution in [1.29, 1.82) is 0 Å². The first-order valence-electron chi connectivity index (χ1n) is 4.96. The highest BCUT2D eigenvalue weighted by Crippen LogP contribution is 2.15. The van der Waals surface area contributed by atoms with Gasteiger partial charge in [0, 0.05) is 12.5 Å². The maximum Gasteiger partial charge on any atom is 0.322 e. The molecule has 0 spiro atoms. The molecule has 2 N–H and O–H groups in total. The average molecular weight is 245 g/mol. The van der Waals surface area contributed by atoms with Crippen molar-refractivity contribution in [2.24, 2.45) is 5.73 Å². The minimum absolute atomic E-state index is 0.112. The molecule has 0 aliphatic carbocycles. The van der Waals surface area contributed by atoms with E-state index in [9.17, 15) is 13.6 Å². The molecule has 0 bridgehead atoms. The van der Waals surface area contributed by atoms with Gasteiger partial charge in [-0.05, 0) is 12.1 Å². The molecule has 1 aromatic rings. The Morgan fingerprint density at radius 2 is 2.12 bits per heavy atom. The van der Waals surface area contributed by atoms with E-state index in [2.05, 4.69) is 4.74 Å². The molecule has 1 rings (SSSR count). The van der Waals surface area contributed by atoms with Gasteiger partial charge in [0.2, 0.25) is 0 Å². The monoisotopic (exact) mass is 245 g/mol. The Kier molecular flexibility index (Phi) is 4.84. The summed E-state index contributed by atoms with van der Waals surface area (Å²) in [4.78, 5) is 10.9. The van der Waals surface area contributed by atoms with Crippen LogP contribution in [0.3, 0.4) is 0 Å². The largest absolute Gasteiger partial charge is 0.493 e. The summed E-state index contributed by atoms with van der Waals surface area (Å²) in [6.45, 7) is 0.112. The van der Waals surface area contributed by atoms with E-state index < -0.39 is 23.6 Å². The van der Waals surface area contributed by atoms with E-state index in [1.807, 2.05) is 0 Å². The Morgan fingerprint density at radius 1 is 1.41 bits per heavy atom. The van der Waals surface area contributed by atoms with Gasteiger partial charge in [-0.25, -0.2) is 8.78 Å². The van der Waals surface area contributed by atoms with Crippen molar-refractivity contribution in [2.45, 2.75) is 12.5 Å². The zero-order valence-corrected chi connectivity index (χ0v) is 9.28. The third-order valence-corrected chi connectivity index (χ3v) is 2.09. The summed E-state index contributed by atoms with van der Waals surface area (Å²) in [5.74, 6) is -2.29. The Labute approximate surface area is 97.3 Å². The summed E-state index contributed by atoms with van der Waals surface area (Å²) < 4.78 is 34.9. The number of methoxy groups -OCH3 is 1. The molecule has 0 aliphatic heterocycles. The number of hydrogen-bond donors (Lipinski definition) is 1. The van der Waals surface area contributed by atoms with Crippen LogP contribution in [-0.2, 0) is 9.53 Å². The molecule has 0 amide bonds. The number of ether oxygens (including phenoxy) is 2. The third-order valence-electron chi connectivity index (χ3n) is 2.09. The van der Waals surface area contributed by atoms with Crippen LogP contribution in [0, 0.1) is 11.6 Å². The van der Waals surface area contributed by atoms with Crippen molar-refractivity contribution in [3.05, 3.63) is 29.8 Å². The van der Waals surface area contributed by atoms with Crippen molar-refractivity contribution < 1.29 is 23.0 Å². The summed E-state index contributed by atoms with van der Waals surface area (Å²) in [6, 6.07) is 2.40. The Bertz CT molecular complexity index is 398. The zero-order chi connectivity index (χ0) is 12.8. The second-order valence-electron chi connectivity index (χ2n) is 3.34. The molecule has 94 valence electrons. The Balaban J connectivity index is 2.40. The zero-order valence-electron chi connectivity index (χ0n) is 9.28. The molecule has 0 heterocycles. The number of hydrogen-bond acceptors (Lipinski definition) is 4. The van der Waals surface area contributed by atoms with Gasteiger partial charge in [0.15, 0.2) is 11.6 Å². The van der Waals surface area contributed by atoms with Crippen LogP contribution in [-0.4, -0.2) is 25.7 Å². The Morgan fingerprint density at radius 3 is 2.71 bits per heavy atom. The lowest BCUT2D eigenvalue weighted by Gasteiger charge is -2.10. The lowest BCUT2D eigenvalue weighted by Crippen LogP contribution is -2.33. The van der Waals surface area contributed by atoms with E-state index in [4.69, 9.17) is 10.5 Å². The summed E-state index contributed by atoms with van der Waals surface area (Å²) in [5, 5.41) is 0. The van der Waals surface area contributed by atoms with Crippen LogP contribution in [0.15, 0.2) is 18.2 Å². The normalized spacial score (nSPS) is 12.0. The van der Waals surface area contributed by atoms with E-state index in [0.717, 1.165) is 12.1 Å². The minimum atomic E-state index is -0.986. The first-order chi connectivity index (χ1) is 8.04. The van der Waals surface area contributed by atoms with Crippen molar-refractivity contribution in [3.63, 3.8) is 0 Å². The van der Waals surface area contributed by atoms with Gasteiger partial charge < -0.3 is 15.2 Å². The van der Waals surface area contributed by atoms with Crippen molar-refractivity contribution in [2.75, 3.05) is 13.7 Å². The molecule has 0 aliphatic rings. The molecule has 6 heteroatoms. The molecule has 4 nitrogen and oxygen atoms in total. The van der Waals surface area contributed by atoms with E-state index >= 15 is 0 Å². The predicted molar refractivity (Wildman–Crippen MR) is 56.5 cm³/mol. The van der Waals surface area contributed by atoms with Crippen LogP contribution in [0.1, 0.15) is 6.42 Å². The van der Waals surface area contributed by atoms with Gasteiger partial charge in [-0.2, -0.15) is 0 Å². The third kappa shape index (κ3) is 3.99. The van der Waals surface area contributed by atoms with Gasteiger partial charge in [0.05, 0.1) is 13.7 Å². The number of rotatable bonds is 5. The van der Waals surface area contributed by atoms with E-state index in [-0.39, 0.29) is 18.8 Å². The predicted octanol–water partition coefficient (Wildman–Crippen LogP) is 1.23. The van der Waals surface area contributed by atoms with Crippen LogP contribution in [0.2, 0.25) is 0 Å². The first kappa shape index (κ1) is 13.4. The fourth-order valence-electron chi connectivity index (χ4n) is 1.14. The number of carbonyl (C=O) groups excluding carboxylic acids is 1. The maximum atomic E-state index is 12.8. The quantitative estimate of drug-likeness (QED) is 0.793. The van der Waals surface area contributed by atoms with E-state index in [1.165, 1.54) is 13.2 Å². The van der Waals surface area contributed by atoms with Crippen LogP contribution in [0.4, 0.5) is 8.78 Å². The molecule has 0 aromatic heterocycles. The lowest BCUT2D eigenvalue weighted by atomic mass is 10.2. The van der Waals surface area contributed by atoms with Crippen LogP contribution in [0.25, 0.3) is 0 Å². The number of nitrogens with two attached hydrogens (primary N) is 1. The van der Waals surface area contributed by atoms with Crippen molar-refractivity contribution in [3.8, 4) is 5.75 Å². The second-order valence-corrected chi connectivity index (χ2v) is 3.34. The van der Waals surface area contributed by atoms with E-state index in [0.29, 0.717) is 0 Å². The molecule has 0 fully saturated rings. The van der Waals surface area contributed by atoms with Gasteiger partial charge >= 0.3 is 5.97 Å². The SMILES string of the molecule is COC(=O)C(N)CCOc1ccc(F)c(F)c1. The maximum absolute atomic E-state index is 12.8. The highest BCUT2D eigenvalue weighted by molar-refractivity contribution is 5.75. The smallest absolute Gasteiger partial charge is 0.322 e. The lowest BCUT2D eigenvalue weighted by molar-refractivity contribution is -0.142. The average Bonchev–Trinajstić information content (AvgIpc) is 2.32. The van der Waals surface area contributed by atoms with Gasteiger partial charge in [0.1, 0.15) is 11.8 Å². The van der Waals surface area contributed by atoms with Gasteiger partial charge in [-0.15, -0.1) is 0 Å². The highest BCUT2D eigenvalue weighted by atomic mass is 19.2. The molecule has 0 saturated carbocycles. The molecule has 1 unspecified atom stereocenters. The number of benzene rings is 1. The molecular weight excluding hydrogens is 232 g/mol. The molecule has 17 heavy (non-hydrogen) atoms. The minimum Gasteiger partial charge on any atom is -0.493 e. The molecular formula is C11H13F2NO3. The highest BCUT2D eigenvalue weighted by Gasteiger charge is 2.13. The van der Waals surface area contributed by atoms with Gasteiger partial charge in [-0.1, -0.05) is 0 Å². The molecule has 1 aromatic carbocycles. The van der Waals surface area contributed by atoms with Gasteiger partial charge in [0.25, 0.3) is 0 Å². The van der Waals surface area contributed by atoms with E-state index in [1.54, 1.807) is 0 Å². The molecule has 0 radical (unpaired) electrons.